The number of thioether (sulfide) groups is 1. The SMILES string of the molecule is CC(/C=N/NC(=O)CSc1nc2ccccc2n1Cc1ccccc1)=C\c1ccco1. The number of hydrogen-bond acceptors (Lipinski definition) is 5. The summed E-state index contributed by atoms with van der Waals surface area (Å²) in [4.78, 5) is 17.0. The van der Waals surface area contributed by atoms with E-state index in [0.29, 0.717) is 6.54 Å². The van der Waals surface area contributed by atoms with Crippen LogP contribution in [0.15, 0.2) is 93.2 Å². The van der Waals surface area contributed by atoms with Crippen molar-refractivity contribution in [2.75, 3.05) is 5.75 Å². The summed E-state index contributed by atoms with van der Waals surface area (Å²) < 4.78 is 7.40. The van der Waals surface area contributed by atoms with Gasteiger partial charge in [0.15, 0.2) is 5.16 Å². The van der Waals surface area contributed by atoms with Gasteiger partial charge < -0.3 is 8.98 Å². The smallest absolute Gasteiger partial charge is 0.250 e. The van der Waals surface area contributed by atoms with Gasteiger partial charge in [-0.15, -0.1) is 0 Å². The molecule has 6 nitrogen and oxygen atoms in total. The second kappa shape index (κ2) is 9.95. The van der Waals surface area contributed by atoms with Gasteiger partial charge >= 0.3 is 0 Å². The minimum absolute atomic E-state index is 0.189. The highest BCUT2D eigenvalue weighted by Gasteiger charge is 2.13. The summed E-state index contributed by atoms with van der Waals surface area (Å²) in [6, 6.07) is 21.9. The molecule has 7 heteroatoms. The van der Waals surface area contributed by atoms with Crippen LogP contribution in [-0.4, -0.2) is 27.4 Å². The Kier molecular flexibility index (Phi) is 6.64. The summed E-state index contributed by atoms with van der Waals surface area (Å²) >= 11 is 1.40. The van der Waals surface area contributed by atoms with Gasteiger partial charge in [-0.3, -0.25) is 4.79 Å². The molecule has 0 atom stereocenters. The van der Waals surface area contributed by atoms with Gasteiger partial charge in [0.1, 0.15) is 5.76 Å². The molecule has 1 amide bonds. The molecule has 0 saturated carbocycles. The average molecular weight is 431 g/mol. The molecular weight excluding hydrogens is 408 g/mol. The van der Waals surface area contributed by atoms with E-state index in [-0.39, 0.29) is 11.7 Å². The lowest BCUT2D eigenvalue weighted by Crippen LogP contribution is -2.20. The second-order valence-electron chi connectivity index (χ2n) is 6.94. The van der Waals surface area contributed by atoms with Gasteiger partial charge in [-0.2, -0.15) is 5.10 Å². The fraction of sp³-hybridized carbons (Fsp3) is 0.125. The molecule has 2 aromatic carbocycles. The lowest BCUT2D eigenvalue weighted by Gasteiger charge is -2.09. The van der Waals surface area contributed by atoms with Gasteiger partial charge in [0.05, 0.1) is 35.8 Å². The quantitative estimate of drug-likeness (QED) is 0.243. The van der Waals surface area contributed by atoms with E-state index in [9.17, 15) is 4.79 Å². The molecule has 0 saturated heterocycles. The molecule has 31 heavy (non-hydrogen) atoms. The molecule has 2 heterocycles. The number of carbonyl (C=O) groups is 1. The first-order valence-corrected chi connectivity index (χ1v) is 10.8. The molecule has 0 unspecified atom stereocenters. The van der Waals surface area contributed by atoms with E-state index in [1.807, 2.05) is 67.6 Å². The van der Waals surface area contributed by atoms with Crippen molar-refractivity contribution in [2.24, 2.45) is 5.10 Å². The predicted molar refractivity (Wildman–Crippen MR) is 125 cm³/mol. The van der Waals surface area contributed by atoms with Crippen molar-refractivity contribution in [3.8, 4) is 0 Å². The zero-order valence-electron chi connectivity index (χ0n) is 17.1. The number of amides is 1. The van der Waals surface area contributed by atoms with Crippen LogP contribution in [-0.2, 0) is 11.3 Å². The number of imidazole rings is 1. The summed E-state index contributed by atoms with van der Waals surface area (Å²) in [6.45, 7) is 2.58. The number of para-hydroxylation sites is 2. The van der Waals surface area contributed by atoms with Gasteiger partial charge in [0.2, 0.25) is 0 Å². The van der Waals surface area contributed by atoms with E-state index < -0.39 is 0 Å². The summed E-state index contributed by atoms with van der Waals surface area (Å²) in [5.41, 5.74) is 6.58. The highest BCUT2D eigenvalue weighted by Crippen LogP contribution is 2.25. The standard InChI is InChI=1S/C24H22N4O2S/c1-18(14-20-10-7-13-30-20)15-25-27-23(29)17-31-24-26-21-11-5-6-12-22(21)28(24)16-19-8-3-2-4-9-19/h2-15H,16-17H2,1H3,(H,27,29)/b18-14+,25-15+. The van der Waals surface area contributed by atoms with Crippen LogP contribution in [0.1, 0.15) is 18.2 Å². The van der Waals surface area contributed by atoms with Crippen LogP contribution >= 0.6 is 11.8 Å². The number of nitrogens with zero attached hydrogens (tertiary/aromatic N) is 3. The maximum Gasteiger partial charge on any atom is 0.250 e. The van der Waals surface area contributed by atoms with E-state index in [4.69, 9.17) is 9.40 Å². The first-order chi connectivity index (χ1) is 15.2. The lowest BCUT2D eigenvalue weighted by atomic mass is 10.2. The third-order valence-electron chi connectivity index (χ3n) is 4.51. The Labute approximate surface area is 184 Å². The molecule has 0 bridgehead atoms. The molecule has 156 valence electrons. The van der Waals surface area contributed by atoms with Crippen molar-refractivity contribution in [1.82, 2.24) is 15.0 Å². The Morgan fingerprint density at radius 2 is 1.94 bits per heavy atom. The van der Waals surface area contributed by atoms with Crippen LogP contribution in [0.25, 0.3) is 17.1 Å². The largest absolute Gasteiger partial charge is 0.465 e. The number of allylic oxidation sites excluding steroid dienone is 1. The average Bonchev–Trinajstić information content (AvgIpc) is 3.41. The fourth-order valence-electron chi connectivity index (χ4n) is 3.09. The molecule has 0 aliphatic rings. The second-order valence-corrected chi connectivity index (χ2v) is 7.88. The van der Waals surface area contributed by atoms with E-state index in [0.717, 1.165) is 27.5 Å². The molecule has 4 rings (SSSR count). The monoisotopic (exact) mass is 430 g/mol. The molecule has 0 spiro atoms. The van der Waals surface area contributed by atoms with Gasteiger partial charge in [-0.25, -0.2) is 10.4 Å². The number of benzene rings is 2. The normalized spacial score (nSPS) is 12.0. The minimum atomic E-state index is -0.189. The molecular formula is C24H22N4O2S. The zero-order chi connectivity index (χ0) is 21.5. The number of carbonyl (C=O) groups excluding carboxylic acids is 1. The Bertz CT molecular complexity index is 1210. The number of aromatic nitrogens is 2. The molecule has 0 aliphatic carbocycles. The highest BCUT2D eigenvalue weighted by atomic mass is 32.2. The van der Waals surface area contributed by atoms with Gasteiger partial charge in [-0.1, -0.05) is 54.2 Å². The van der Waals surface area contributed by atoms with E-state index in [2.05, 4.69) is 27.2 Å². The van der Waals surface area contributed by atoms with Gasteiger partial charge in [0.25, 0.3) is 5.91 Å². The van der Waals surface area contributed by atoms with Crippen LogP contribution in [0.4, 0.5) is 0 Å². The van der Waals surface area contributed by atoms with Crippen molar-refractivity contribution in [1.29, 1.82) is 0 Å². The Balaban J connectivity index is 1.41. The minimum Gasteiger partial charge on any atom is -0.465 e. The number of furan rings is 1. The molecule has 2 aromatic heterocycles. The number of rotatable bonds is 8. The first kappa shape index (κ1) is 20.7. The number of fused-ring (bicyclic) bond motifs is 1. The zero-order valence-corrected chi connectivity index (χ0v) is 17.9. The van der Waals surface area contributed by atoms with E-state index in [1.165, 1.54) is 17.3 Å². The fourth-order valence-corrected chi connectivity index (χ4v) is 3.89. The third kappa shape index (κ3) is 5.52. The van der Waals surface area contributed by atoms with Gasteiger partial charge in [0, 0.05) is 0 Å². The third-order valence-corrected chi connectivity index (χ3v) is 5.48. The number of hydrazone groups is 1. The summed E-state index contributed by atoms with van der Waals surface area (Å²) in [7, 11) is 0. The summed E-state index contributed by atoms with van der Waals surface area (Å²) in [6.07, 6.45) is 5.05. The Hall–Kier alpha value is -3.58. The Morgan fingerprint density at radius 3 is 2.74 bits per heavy atom. The van der Waals surface area contributed by atoms with Crippen LogP contribution in [0.3, 0.4) is 0 Å². The van der Waals surface area contributed by atoms with Crippen molar-refractivity contribution < 1.29 is 9.21 Å². The summed E-state index contributed by atoms with van der Waals surface area (Å²) in [5.74, 6) is 0.768. The molecule has 0 aliphatic heterocycles. The Morgan fingerprint density at radius 1 is 1.13 bits per heavy atom. The van der Waals surface area contributed by atoms with Crippen LogP contribution < -0.4 is 5.43 Å². The predicted octanol–water partition coefficient (Wildman–Crippen LogP) is 4.98. The maximum absolute atomic E-state index is 12.3. The van der Waals surface area contributed by atoms with Crippen LogP contribution in [0.5, 0.6) is 0 Å². The molecule has 0 fully saturated rings. The highest BCUT2D eigenvalue weighted by molar-refractivity contribution is 7.99. The maximum atomic E-state index is 12.3. The van der Waals surface area contributed by atoms with Crippen molar-refractivity contribution in [3.63, 3.8) is 0 Å². The van der Waals surface area contributed by atoms with Crippen molar-refractivity contribution >= 4 is 41.0 Å². The number of hydrogen-bond donors (Lipinski definition) is 1. The van der Waals surface area contributed by atoms with E-state index in [1.54, 1.807) is 12.5 Å². The van der Waals surface area contributed by atoms with Crippen molar-refractivity contribution in [3.05, 3.63) is 89.9 Å². The summed E-state index contributed by atoms with van der Waals surface area (Å²) in [5, 5.41) is 4.83. The van der Waals surface area contributed by atoms with Crippen molar-refractivity contribution in [2.45, 2.75) is 18.6 Å². The molecule has 0 radical (unpaired) electrons. The topological polar surface area (TPSA) is 72.4 Å². The number of nitrogens with one attached hydrogen (secondary N) is 1. The van der Waals surface area contributed by atoms with Gasteiger partial charge in [-0.05, 0) is 48.4 Å². The van der Waals surface area contributed by atoms with E-state index >= 15 is 0 Å². The molecule has 1 N–H and O–H groups in total. The first-order valence-electron chi connectivity index (χ1n) is 9.85. The lowest BCUT2D eigenvalue weighted by molar-refractivity contribution is -0.118. The molecule has 4 aromatic rings. The van der Waals surface area contributed by atoms with Crippen LogP contribution in [0, 0.1) is 0 Å². The van der Waals surface area contributed by atoms with Crippen LogP contribution in [0.2, 0.25) is 0 Å².